The molecule has 16 heavy (non-hydrogen) atoms. The molecule has 0 radical (unpaired) electrons. The van der Waals surface area contributed by atoms with Gasteiger partial charge in [0.1, 0.15) is 5.57 Å². The highest BCUT2D eigenvalue weighted by molar-refractivity contribution is 6.16. The number of allylic oxidation sites excluding steroid dienone is 2. The second-order valence-corrected chi connectivity index (χ2v) is 4.28. The first-order chi connectivity index (χ1) is 7.68. The molecule has 4 heteroatoms. The van der Waals surface area contributed by atoms with Crippen LogP contribution in [0.15, 0.2) is 35.5 Å². The summed E-state index contributed by atoms with van der Waals surface area (Å²) < 4.78 is 0. The van der Waals surface area contributed by atoms with E-state index in [0.29, 0.717) is 6.54 Å². The smallest absolute Gasteiger partial charge is 0.341 e. The van der Waals surface area contributed by atoms with Gasteiger partial charge in [0.15, 0.2) is 0 Å². The quantitative estimate of drug-likeness (QED) is 0.658. The summed E-state index contributed by atoms with van der Waals surface area (Å²) in [4.78, 5) is 24.5. The molecule has 2 heterocycles. The maximum atomic E-state index is 11.9. The van der Waals surface area contributed by atoms with Crippen molar-refractivity contribution in [3.05, 3.63) is 35.5 Å². The summed E-state index contributed by atoms with van der Waals surface area (Å²) in [6.07, 6.45) is 8.39. The fraction of sp³-hybridized carbons (Fsp3) is 0.333. The Kier molecular flexibility index (Phi) is 1.80. The molecule has 0 spiro atoms. The van der Waals surface area contributed by atoms with Crippen molar-refractivity contribution in [3.63, 3.8) is 0 Å². The number of amides is 1. The van der Waals surface area contributed by atoms with Gasteiger partial charge in [0.2, 0.25) is 0 Å². The average molecular weight is 217 g/mol. The van der Waals surface area contributed by atoms with Crippen molar-refractivity contribution >= 4 is 11.9 Å². The molecule has 3 rings (SSSR count). The predicted molar refractivity (Wildman–Crippen MR) is 56.5 cm³/mol. The minimum absolute atomic E-state index is 0.0336. The number of carboxylic acid groups (broad SMARTS) is 1. The van der Waals surface area contributed by atoms with Crippen LogP contribution in [0.2, 0.25) is 0 Å². The normalized spacial score (nSPS) is 31.0. The van der Waals surface area contributed by atoms with E-state index in [2.05, 4.69) is 0 Å². The first-order valence-electron chi connectivity index (χ1n) is 5.32. The minimum atomic E-state index is -1.13. The predicted octanol–water partition coefficient (Wildman–Crippen LogP) is 0.724. The topological polar surface area (TPSA) is 57.6 Å². The highest BCUT2D eigenvalue weighted by Gasteiger charge is 2.43. The molecule has 2 aliphatic heterocycles. The summed E-state index contributed by atoms with van der Waals surface area (Å²) in [6.45, 7) is 0.637. The summed E-state index contributed by atoms with van der Waals surface area (Å²) >= 11 is 0. The second-order valence-electron chi connectivity index (χ2n) is 4.28. The van der Waals surface area contributed by atoms with Crippen LogP contribution in [0.3, 0.4) is 0 Å². The van der Waals surface area contributed by atoms with E-state index in [1.807, 2.05) is 18.2 Å². The van der Waals surface area contributed by atoms with Gasteiger partial charge in [0, 0.05) is 12.5 Å². The molecular weight excluding hydrogens is 206 g/mol. The average Bonchev–Trinajstić information content (AvgIpc) is 2.68. The van der Waals surface area contributed by atoms with Gasteiger partial charge in [-0.3, -0.25) is 4.79 Å². The van der Waals surface area contributed by atoms with Crippen LogP contribution in [0.5, 0.6) is 0 Å². The highest BCUT2D eigenvalue weighted by Crippen LogP contribution is 2.37. The lowest BCUT2D eigenvalue weighted by atomic mass is 9.85. The fourth-order valence-corrected chi connectivity index (χ4v) is 2.74. The third-order valence-electron chi connectivity index (χ3n) is 3.45. The number of hydrogen-bond donors (Lipinski definition) is 1. The molecule has 1 saturated heterocycles. The molecule has 2 atom stereocenters. The fourth-order valence-electron chi connectivity index (χ4n) is 2.74. The number of carbonyl (C=O) groups is 2. The van der Waals surface area contributed by atoms with E-state index in [1.165, 1.54) is 5.57 Å². The largest absolute Gasteiger partial charge is 0.478 e. The molecule has 1 aliphatic carbocycles. The van der Waals surface area contributed by atoms with Crippen molar-refractivity contribution in [3.8, 4) is 0 Å². The monoisotopic (exact) mass is 217 g/mol. The second kappa shape index (κ2) is 3.07. The van der Waals surface area contributed by atoms with Gasteiger partial charge < -0.3 is 10.0 Å². The number of aliphatic carboxylic acids is 1. The lowest BCUT2D eigenvalue weighted by Crippen LogP contribution is -2.46. The van der Waals surface area contributed by atoms with Crippen molar-refractivity contribution < 1.29 is 14.7 Å². The molecule has 4 nitrogen and oxygen atoms in total. The summed E-state index contributed by atoms with van der Waals surface area (Å²) in [7, 11) is 0. The summed E-state index contributed by atoms with van der Waals surface area (Å²) in [5.74, 6) is -1.43. The molecule has 1 fully saturated rings. The van der Waals surface area contributed by atoms with Crippen LogP contribution in [-0.4, -0.2) is 34.5 Å². The van der Waals surface area contributed by atoms with E-state index in [4.69, 9.17) is 5.11 Å². The Morgan fingerprint density at radius 3 is 3.06 bits per heavy atom. The van der Waals surface area contributed by atoms with Crippen molar-refractivity contribution in [2.24, 2.45) is 5.92 Å². The molecule has 0 bridgehead atoms. The van der Waals surface area contributed by atoms with Gasteiger partial charge in [0.25, 0.3) is 5.91 Å². The number of carbonyl (C=O) groups excluding carboxylic acids is 1. The van der Waals surface area contributed by atoms with Crippen LogP contribution in [0.4, 0.5) is 0 Å². The van der Waals surface area contributed by atoms with E-state index in [0.717, 1.165) is 6.42 Å². The molecule has 2 unspecified atom stereocenters. The van der Waals surface area contributed by atoms with Crippen LogP contribution >= 0.6 is 0 Å². The summed E-state index contributed by atoms with van der Waals surface area (Å²) in [5.41, 5.74) is 1.15. The van der Waals surface area contributed by atoms with Gasteiger partial charge in [0.05, 0.1) is 6.04 Å². The van der Waals surface area contributed by atoms with E-state index in [9.17, 15) is 9.59 Å². The summed E-state index contributed by atoms with van der Waals surface area (Å²) in [5, 5.41) is 8.97. The molecule has 0 aromatic heterocycles. The Morgan fingerprint density at radius 2 is 2.31 bits per heavy atom. The number of rotatable bonds is 1. The van der Waals surface area contributed by atoms with Gasteiger partial charge in [-0.1, -0.05) is 24.3 Å². The number of hydrogen-bond acceptors (Lipinski definition) is 2. The van der Waals surface area contributed by atoms with Crippen LogP contribution in [0, 0.1) is 5.92 Å². The third kappa shape index (κ3) is 1.10. The van der Waals surface area contributed by atoms with E-state index >= 15 is 0 Å². The number of carboxylic acids is 1. The first kappa shape index (κ1) is 9.39. The van der Waals surface area contributed by atoms with Crippen LogP contribution in [0.1, 0.15) is 6.42 Å². The van der Waals surface area contributed by atoms with Crippen LogP contribution in [-0.2, 0) is 9.59 Å². The van der Waals surface area contributed by atoms with Gasteiger partial charge in [-0.25, -0.2) is 4.79 Å². The Bertz CT molecular complexity index is 473. The zero-order chi connectivity index (χ0) is 11.3. The van der Waals surface area contributed by atoms with Crippen molar-refractivity contribution in [1.29, 1.82) is 0 Å². The van der Waals surface area contributed by atoms with Gasteiger partial charge in [-0.15, -0.1) is 0 Å². The van der Waals surface area contributed by atoms with E-state index in [1.54, 1.807) is 11.0 Å². The van der Waals surface area contributed by atoms with Crippen LogP contribution in [0.25, 0.3) is 0 Å². The highest BCUT2D eigenvalue weighted by atomic mass is 16.4. The zero-order valence-corrected chi connectivity index (χ0v) is 8.59. The standard InChI is InChI=1S/C12H11NO3/c14-11-9(12(15)16)6-8-3-1-2-7-4-5-13(11)10(7)8/h1-3,6,8,10H,4-5H2,(H,15,16). The Balaban J connectivity index is 2.09. The third-order valence-corrected chi connectivity index (χ3v) is 3.45. The van der Waals surface area contributed by atoms with E-state index in [-0.39, 0.29) is 23.4 Å². The van der Waals surface area contributed by atoms with Crippen molar-refractivity contribution in [2.45, 2.75) is 12.5 Å². The Hall–Kier alpha value is -1.84. The van der Waals surface area contributed by atoms with Crippen molar-refractivity contribution in [1.82, 2.24) is 4.90 Å². The maximum absolute atomic E-state index is 11.9. The molecule has 82 valence electrons. The minimum Gasteiger partial charge on any atom is -0.478 e. The molecule has 0 aromatic rings. The molecule has 1 N–H and O–H groups in total. The number of nitrogens with zero attached hydrogens (tertiary/aromatic N) is 1. The Morgan fingerprint density at radius 1 is 1.50 bits per heavy atom. The van der Waals surface area contributed by atoms with Crippen LogP contribution < -0.4 is 0 Å². The van der Waals surface area contributed by atoms with Gasteiger partial charge >= 0.3 is 5.97 Å². The first-order valence-corrected chi connectivity index (χ1v) is 5.32. The molecule has 3 aliphatic rings. The summed E-state index contributed by atoms with van der Waals surface area (Å²) in [6, 6.07) is 0.0700. The lowest BCUT2D eigenvalue weighted by molar-refractivity contribution is -0.138. The lowest BCUT2D eigenvalue weighted by Gasteiger charge is -2.34. The maximum Gasteiger partial charge on any atom is 0.341 e. The van der Waals surface area contributed by atoms with Gasteiger partial charge in [-0.05, 0) is 12.0 Å². The zero-order valence-electron chi connectivity index (χ0n) is 8.59. The molecule has 0 aromatic carbocycles. The molecule has 1 amide bonds. The SMILES string of the molecule is O=C(O)C1=CC2C=CC=C3CCN(C1=O)C32. The Labute approximate surface area is 92.5 Å². The van der Waals surface area contributed by atoms with Gasteiger partial charge in [-0.2, -0.15) is 0 Å². The molecule has 0 saturated carbocycles. The van der Waals surface area contributed by atoms with Crippen molar-refractivity contribution in [2.75, 3.05) is 6.54 Å². The van der Waals surface area contributed by atoms with E-state index < -0.39 is 5.97 Å². The molecular formula is C12H11NO3.